The van der Waals surface area contributed by atoms with Crippen molar-refractivity contribution in [1.82, 2.24) is 4.90 Å². The molecule has 0 amide bonds. The van der Waals surface area contributed by atoms with Crippen LogP contribution < -0.4 is 23.7 Å². The van der Waals surface area contributed by atoms with Gasteiger partial charge in [0.1, 0.15) is 5.84 Å². The van der Waals surface area contributed by atoms with Gasteiger partial charge in [-0.1, -0.05) is 0 Å². The average molecular weight is 631 g/mol. The molecule has 2 fully saturated rings. The summed E-state index contributed by atoms with van der Waals surface area (Å²) in [6.07, 6.45) is 3.98. The van der Waals surface area contributed by atoms with Gasteiger partial charge in [-0.15, -0.1) is 0 Å². The molecule has 0 aromatic heterocycles. The summed E-state index contributed by atoms with van der Waals surface area (Å²) in [6, 6.07) is 7.55. The van der Waals surface area contributed by atoms with E-state index in [2.05, 4.69) is 4.40 Å². The Hall–Kier alpha value is -3.71. The lowest BCUT2D eigenvalue weighted by Gasteiger charge is -2.39. The zero-order valence-corrected chi connectivity index (χ0v) is 26.2. The quantitative estimate of drug-likeness (QED) is 0.228. The zero-order chi connectivity index (χ0) is 31.0. The first-order chi connectivity index (χ1) is 21.2. The van der Waals surface area contributed by atoms with Crippen LogP contribution in [0.2, 0.25) is 0 Å². The summed E-state index contributed by atoms with van der Waals surface area (Å²) >= 11 is 0. The van der Waals surface area contributed by atoms with Crippen molar-refractivity contribution in [3.05, 3.63) is 41.0 Å². The number of fused-ring (bicyclic) bond motifs is 3. The van der Waals surface area contributed by atoms with Gasteiger partial charge in [0.25, 0.3) is 10.0 Å². The Balaban J connectivity index is 1.39. The highest BCUT2D eigenvalue weighted by Crippen LogP contribution is 2.56. The third-order valence-corrected chi connectivity index (χ3v) is 9.32. The molecule has 0 spiro atoms. The Bertz CT molecular complexity index is 1530. The van der Waals surface area contributed by atoms with Crippen LogP contribution in [0.1, 0.15) is 54.4 Å². The van der Waals surface area contributed by atoms with E-state index >= 15 is 0 Å². The molecule has 2 aromatic rings. The fourth-order valence-corrected chi connectivity index (χ4v) is 7.48. The molecule has 0 unspecified atom stereocenters. The van der Waals surface area contributed by atoms with Gasteiger partial charge in [0.05, 0.1) is 52.8 Å². The second-order valence-corrected chi connectivity index (χ2v) is 13.1. The van der Waals surface area contributed by atoms with Crippen LogP contribution in [0.15, 0.2) is 28.7 Å². The summed E-state index contributed by atoms with van der Waals surface area (Å²) in [7, 11) is 1.05. The van der Waals surface area contributed by atoms with Crippen LogP contribution >= 0.6 is 0 Å². The highest BCUT2D eigenvalue weighted by atomic mass is 32.2. The highest BCUT2D eigenvalue weighted by Gasteiger charge is 2.53. The van der Waals surface area contributed by atoms with Crippen molar-refractivity contribution in [2.24, 2.45) is 16.2 Å². The lowest BCUT2D eigenvalue weighted by atomic mass is 9.66. The average Bonchev–Trinajstić information content (AvgIpc) is 3.64. The van der Waals surface area contributed by atoms with E-state index in [9.17, 15) is 13.2 Å². The summed E-state index contributed by atoms with van der Waals surface area (Å²) < 4.78 is 68.9. The number of likely N-dealkylation sites (tertiary alicyclic amines) is 1. The number of carbonyl (C=O) groups excluding carboxylic acids is 1. The molecule has 0 radical (unpaired) electrons. The predicted molar refractivity (Wildman–Crippen MR) is 159 cm³/mol. The molecule has 0 N–H and O–H groups in total. The van der Waals surface area contributed by atoms with Crippen molar-refractivity contribution >= 4 is 21.8 Å². The third kappa shape index (κ3) is 5.74. The number of amidine groups is 1. The SMILES string of the molecule is COc1cc([C@@H]2c3cc4c(cc3[C@@H](OCC/C(=N\S(C)(=O)=O)N3CCCCC3)[C@H]3COC(=O)[C@H]23)OCO4)cc(OC)c1OC. The minimum atomic E-state index is -3.59. The van der Waals surface area contributed by atoms with Crippen molar-refractivity contribution in [1.29, 1.82) is 0 Å². The maximum Gasteiger partial charge on any atom is 0.310 e. The Morgan fingerprint density at radius 3 is 2.20 bits per heavy atom. The largest absolute Gasteiger partial charge is 0.493 e. The maximum atomic E-state index is 13.4. The molecule has 12 nitrogen and oxygen atoms in total. The number of hydrogen-bond donors (Lipinski definition) is 0. The van der Waals surface area contributed by atoms with E-state index in [1.165, 1.54) is 0 Å². The summed E-state index contributed by atoms with van der Waals surface area (Å²) in [4.78, 5) is 15.5. The van der Waals surface area contributed by atoms with Gasteiger partial charge in [-0.3, -0.25) is 4.79 Å². The molecule has 2 aromatic carbocycles. The van der Waals surface area contributed by atoms with Crippen LogP contribution in [0.5, 0.6) is 28.7 Å². The van der Waals surface area contributed by atoms with Crippen molar-refractivity contribution in [3.8, 4) is 28.7 Å². The summed E-state index contributed by atoms with van der Waals surface area (Å²) in [6.45, 7) is 1.99. The first-order valence-corrected chi connectivity index (χ1v) is 16.6. The Morgan fingerprint density at radius 1 is 0.932 bits per heavy atom. The summed E-state index contributed by atoms with van der Waals surface area (Å²) in [5.74, 6) is 1.44. The predicted octanol–water partition coefficient (Wildman–Crippen LogP) is 3.67. The summed E-state index contributed by atoms with van der Waals surface area (Å²) in [5.41, 5.74) is 2.49. The van der Waals surface area contributed by atoms with Crippen LogP contribution in [0.3, 0.4) is 0 Å². The minimum Gasteiger partial charge on any atom is -0.493 e. The lowest BCUT2D eigenvalue weighted by Crippen LogP contribution is -2.38. The van der Waals surface area contributed by atoms with Gasteiger partial charge in [-0.25, -0.2) is 8.42 Å². The van der Waals surface area contributed by atoms with Gasteiger partial charge in [-0.05, 0) is 60.2 Å². The second kappa shape index (κ2) is 12.4. The minimum absolute atomic E-state index is 0.0919. The number of nitrogens with zero attached hydrogens (tertiary/aromatic N) is 2. The summed E-state index contributed by atoms with van der Waals surface area (Å²) in [5, 5.41) is 0. The number of hydrogen-bond acceptors (Lipinski definition) is 10. The normalized spacial score (nSPS) is 24.4. The molecule has 1 aliphatic carbocycles. The first-order valence-electron chi connectivity index (χ1n) is 14.8. The number of rotatable bonds is 9. The number of ether oxygens (including phenoxy) is 7. The van der Waals surface area contributed by atoms with Crippen molar-refractivity contribution in [2.45, 2.75) is 37.7 Å². The first kappa shape index (κ1) is 30.3. The van der Waals surface area contributed by atoms with Crippen LogP contribution in [-0.2, 0) is 24.3 Å². The van der Waals surface area contributed by atoms with E-state index in [0.29, 0.717) is 41.0 Å². The molecule has 6 rings (SSSR count). The van der Waals surface area contributed by atoms with Crippen molar-refractivity contribution in [2.75, 3.05) is 60.7 Å². The van der Waals surface area contributed by atoms with Crippen molar-refractivity contribution in [3.63, 3.8) is 0 Å². The van der Waals surface area contributed by atoms with Crippen molar-refractivity contribution < 1.29 is 46.4 Å². The molecular formula is C31H38N2O10S. The van der Waals surface area contributed by atoms with Gasteiger partial charge in [0, 0.05) is 31.3 Å². The number of cyclic esters (lactones) is 1. The monoisotopic (exact) mass is 630 g/mol. The number of carbonyl (C=O) groups is 1. The van der Waals surface area contributed by atoms with E-state index in [-0.39, 0.29) is 31.9 Å². The maximum absolute atomic E-state index is 13.4. The molecule has 3 aliphatic heterocycles. The fraction of sp³-hybridized carbons (Fsp3) is 0.548. The van der Waals surface area contributed by atoms with E-state index in [1.54, 1.807) is 21.3 Å². The number of benzene rings is 2. The number of sulfonamides is 1. The van der Waals surface area contributed by atoms with Gasteiger partial charge in [0.2, 0.25) is 12.5 Å². The van der Waals surface area contributed by atoms with Crippen LogP contribution in [0.4, 0.5) is 0 Å². The van der Waals surface area contributed by atoms with Crippen LogP contribution in [-0.4, -0.2) is 85.8 Å². The molecule has 2 saturated heterocycles. The molecular weight excluding hydrogens is 592 g/mol. The molecule has 0 saturated carbocycles. The van der Waals surface area contributed by atoms with Gasteiger partial charge >= 0.3 is 5.97 Å². The molecule has 4 aliphatic rings. The third-order valence-electron chi connectivity index (χ3n) is 8.78. The topological polar surface area (TPSA) is 131 Å². The molecule has 0 bridgehead atoms. The molecule has 44 heavy (non-hydrogen) atoms. The highest BCUT2D eigenvalue weighted by molar-refractivity contribution is 7.89. The second-order valence-electron chi connectivity index (χ2n) is 11.4. The fourth-order valence-electron chi connectivity index (χ4n) is 6.89. The Morgan fingerprint density at radius 2 is 1.59 bits per heavy atom. The van der Waals surface area contributed by atoms with Gasteiger partial charge in [0.15, 0.2) is 23.0 Å². The van der Waals surface area contributed by atoms with Crippen LogP contribution in [0, 0.1) is 11.8 Å². The lowest BCUT2D eigenvalue weighted by molar-refractivity contribution is -0.141. The van der Waals surface area contributed by atoms with E-state index < -0.39 is 28.0 Å². The Kier molecular flexibility index (Phi) is 8.51. The molecule has 13 heteroatoms. The zero-order valence-electron chi connectivity index (χ0n) is 25.4. The van der Waals surface area contributed by atoms with Gasteiger partial charge in [-0.2, -0.15) is 4.40 Å². The standard InChI is InChI=1S/C31H38N2O10S/c1-37-24-12-18(13-25(38-2)30(24)39-3)27-19-14-22-23(43-17-42-22)15-20(19)29(21-16-41-31(34)28(21)27)40-11-8-26(32-44(4,35)36)33-9-6-5-7-10-33/h12-15,21,27-29H,5-11,16-17H2,1-4H3/b32-26+/t21-,27+,28-,29+/m0/s1. The molecule has 238 valence electrons. The molecule has 3 heterocycles. The van der Waals surface area contributed by atoms with E-state index in [0.717, 1.165) is 55.3 Å². The number of methoxy groups -OCH3 is 3. The van der Waals surface area contributed by atoms with Gasteiger partial charge < -0.3 is 38.1 Å². The van der Waals surface area contributed by atoms with E-state index in [1.807, 2.05) is 29.2 Å². The smallest absolute Gasteiger partial charge is 0.310 e. The Labute approximate surface area is 257 Å². The molecule has 4 atom stereocenters. The number of piperidine rings is 1. The van der Waals surface area contributed by atoms with Crippen LogP contribution in [0.25, 0.3) is 0 Å². The van der Waals surface area contributed by atoms with E-state index in [4.69, 9.17) is 33.2 Å². The number of esters is 1.